The van der Waals surface area contributed by atoms with E-state index in [1.54, 1.807) is 6.20 Å². The minimum Gasteiger partial charge on any atom is -0.377 e. The first-order valence-corrected chi connectivity index (χ1v) is 6.23. The average Bonchev–Trinajstić information content (AvgIpc) is 2.84. The molecule has 0 saturated carbocycles. The van der Waals surface area contributed by atoms with Crippen molar-refractivity contribution in [3.8, 4) is 0 Å². The molecule has 0 aromatic carbocycles. The monoisotopic (exact) mass is 235 g/mol. The van der Waals surface area contributed by atoms with E-state index in [1.807, 2.05) is 12.3 Å². The Bertz CT molecular complexity index is 325. The van der Waals surface area contributed by atoms with Crippen LogP contribution in [0.2, 0.25) is 0 Å². The zero-order chi connectivity index (χ0) is 12.1. The molecule has 0 bridgehead atoms. The molecule has 2 heterocycles. The maximum atomic E-state index is 5.87. The van der Waals surface area contributed by atoms with E-state index in [2.05, 4.69) is 23.0 Å². The third kappa shape index (κ3) is 3.25. The van der Waals surface area contributed by atoms with Crippen molar-refractivity contribution < 1.29 is 4.74 Å². The van der Waals surface area contributed by atoms with Gasteiger partial charge < -0.3 is 10.5 Å². The van der Waals surface area contributed by atoms with E-state index in [1.165, 1.54) is 12.0 Å². The summed E-state index contributed by atoms with van der Waals surface area (Å²) in [6.07, 6.45) is 6.39. The fraction of sp³-hybridized carbons (Fsp3) is 0.615. The van der Waals surface area contributed by atoms with Crippen molar-refractivity contribution >= 4 is 0 Å². The summed E-state index contributed by atoms with van der Waals surface area (Å²) < 4.78 is 5.66. The second kappa shape index (κ2) is 6.10. The maximum absolute atomic E-state index is 5.87. The molecular weight excluding hydrogens is 214 g/mol. The van der Waals surface area contributed by atoms with Crippen LogP contribution in [0, 0.1) is 0 Å². The number of nitrogens with two attached hydrogens (primary N) is 1. The van der Waals surface area contributed by atoms with Gasteiger partial charge in [-0.2, -0.15) is 0 Å². The molecule has 4 nitrogen and oxygen atoms in total. The highest BCUT2D eigenvalue weighted by atomic mass is 16.5. The van der Waals surface area contributed by atoms with Gasteiger partial charge in [-0.25, -0.2) is 0 Å². The summed E-state index contributed by atoms with van der Waals surface area (Å²) in [6, 6.07) is 4.27. The maximum Gasteiger partial charge on any atom is 0.0702 e. The lowest BCUT2D eigenvalue weighted by atomic mass is 10.1. The third-order valence-corrected chi connectivity index (χ3v) is 3.34. The topological polar surface area (TPSA) is 51.4 Å². The number of pyridine rings is 1. The van der Waals surface area contributed by atoms with Gasteiger partial charge in [0.2, 0.25) is 0 Å². The number of hydrogen-bond acceptors (Lipinski definition) is 4. The number of aromatic nitrogens is 1. The standard InChI is InChI=1S/C13H21N3O/c1-16(10-12-5-3-7-17-12)13(8-14)11-4-2-6-15-9-11/h2,4,6,9,12-13H,3,5,7-8,10,14H2,1H3. The van der Waals surface area contributed by atoms with Crippen LogP contribution in [-0.2, 0) is 4.74 Å². The van der Waals surface area contributed by atoms with Crippen LogP contribution in [-0.4, -0.2) is 42.7 Å². The van der Waals surface area contributed by atoms with Crippen molar-refractivity contribution in [2.75, 3.05) is 26.7 Å². The van der Waals surface area contributed by atoms with Crippen LogP contribution in [0.5, 0.6) is 0 Å². The van der Waals surface area contributed by atoms with Crippen molar-refractivity contribution in [3.05, 3.63) is 30.1 Å². The summed E-state index contributed by atoms with van der Waals surface area (Å²) in [5, 5.41) is 0. The fourth-order valence-corrected chi connectivity index (χ4v) is 2.38. The highest BCUT2D eigenvalue weighted by molar-refractivity contribution is 5.14. The van der Waals surface area contributed by atoms with Crippen LogP contribution in [0.15, 0.2) is 24.5 Å². The Morgan fingerprint density at radius 2 is 2.53 bits per heavy atom. The van der Waals surface area contributed by atoms with Crippen LogP contribution in [0.25, 0.3) is 0 Å². The molecule has 0 spiro atoms. The molecule has 4 heteroatoms. The number of hydrogen-bond donors (Lipinski definition) is 1. The van der Waals surface area contributed by atoms with E-state index in [-0.39, 0.29) is 6.04 Å². The summed E-state index contributed by atoms with van der Waals surface area (Å²) in [5.41, 5.74) is 7.05. The van der Waals surface area contributed by atoms with Crippen molar-refractivity contribution in [2.45, 2.75) is 25.0 Å². The van der Waals surface area contributed by atoms with E-state index in [4.69, 9.17) is 10.5 Å². The quantitative estimate of drug-likeness (QED) is 0.833. The first-order chi connectivity index (χ1) is 8.31. The van der Waals surface area contributed by atoms with Gasteiger partial charge in [0.05, 0.1) is 6.10 Å². The lowest BCUT2D eigenvalue weighted by molar-refractivity contribution is 0.0689. The Morgan fingerprint density at radius 3 is 3.12 bits per heavy atom. The van der Waals surface area contributed by atoms with Gasteiger partial charge in [0, 0.05) is 38.1 Å². The van der Waals surface area contributed by atoms with Crippen molar-refractivity contribution in [3.63, 3.8) is 0 Å². The summed E-state index contributed by atoms with van der Waals surface area (Å²) in [5.74, 6) is 0. The Morgan fingerprint density at radius 1 is 1.65 bits per heavy atom. The third-order valence-electron chi connectivity index (χ3n) is 3.34. The molecule has 2 N–H and O–H groups in total. The Balaban J connectivity index is 1.97. The molecule has 1 aliphatic rings. The van der Waals surface area contributed by atoms with Crippen molar-refractivity contribution in [1.29, 1.82) is 0 Å². The average molecular weight is 235 g/mol. The van der Waals surface area contributed by atoms with Crippen molar-refractivity contribution in [1.82, 2.24) is 9.88 Å². The number of rotatable bonds is 5. The molecule has 94 valence electrons. The van der Waals surface area contributed by atoms with Gasteiger partial charge in [0.1, 0.15) is 0 Å². The Kier molecular flexibility index (Phi) is 4.48. The van der Waals surface area contributed by atoms with Gasteiger partial charge in [-0.05, 0) is 31.5 Å². The van der Waals surface area contributed by atoms with Crippen LogP contribution in [0.4, 0.5) is 0 Å². The van der Waals surface area contributed by atoms with Crippen LogP contribution in [0.3, 0.4) is 0 Å². The predicted molar refractivity (Wildman–Crippen MR) is 67.6 cm³/mol. The molecule has 1 saturated heterocycles. The second-order valence-corrected chi connectivity index (χ2v) is 4.61. The first kappa shape index (κ1) is 12.5. The zero-order valence-electron chi connectivity index (χ0n) is 10.4. The Labute approximate surface area is 103 Å². The molecule has 17 heavy (non-hydrogen) atoms. The van der Waals surface area contributed by atoms with Gasteiger partial charge in [0.25, 0.3) is 0 Å². The summed E-state index contributed by atoms with van der Waals surface area (Å²) >= 11 is 0. The lowest BCUT2D eigenvalue weighted by Gasteiger charge is -2.29. The summed E-state index contributed by atoms with van der Waals surface area (Å²) in [6.45, 7) is 2.45. The molecule has 1 aromatic heterocycles. The highest BCUT2D eigenvalue weighted by Crippen LogP contribution is 2.20. The van der Waals surface area contributed by atoms with Gasteiger partial charge in [-0.3, -0.25) is 9.88 Å². The first-order valence-electron chi connectivity index (χ1n) is 6.23. The Hall–Kier alpha value is -0.970. The molecule has 0 radical (unpaired) electrons. The number of likely N-dealkylation sites (N-methyl/N-ethyl adjacent to an activating group) is 1. The number of ether oxygens (including phenoxy) is 1. The van der Waals surface area contributed by atoms with Gasteiger partial charge >= 0.3 is 0 Å². The number of nitrogens with zero attached hydrogens (tertiary/aromatic N) is 2. The van der Waals surface area contributed by atoms with Crippen molar-refractivity contribution in [2.24, 2.45) is 5.73 Å². The highest BCUT2D eigenvalue weighted by Gasteiger charge is 2.22. The summed E-state index contributed by atoms with van der Waals surface area (Å²) in [7, 11) is 2.10. The molecule has 1 aliphatic heterocycles. The van der Waals surface area contributed by atoms with Gasteiger partial charge in [-0.1, -0.05) is 6.07 Å². The van der Waals surface area contributed by atoms with E-state index < -0.39 is 0 Å². The smallest absolute Gasteiger partial charge is 0.0702 e. The normalized spacial score (nSPS) is 21.9. The second-order valence-electron chi connectivity index (χ2n) is 4.61. The molecule has 0 amide bonds. The van der Waals surface area contributed by atoms with Crippen LogP contribution < -0.4 is 5.73 Å². The molecule has 2 atom stereocenters. The van der Waals surface area contributed by atoms with Gasteiger partial charge in [-0.15, -0.1) is 0 Å². The largest absolute Gasteiger partial charge is 0.377 e. The zero-order valence-corrected chi connectivity index (χ0v) is 10.4. The van der Waals surface area contributed by atoms with E-state index in [0.717, 1.165) is 19.6 Å². The lowest BCUT2D eigenvalue weighted by Crippen LogP contribution is -2.36. The summed E-state index contributed by atoms with van der Waals surface area (Å²) in [4.78, 5) is 6.43. The molecular formula is C13H21N3O. The minimum atomic E-state index is 0.230. The van der Waals surface area contributed by atoms with Crippen LogP contribution in [0.1, 0.15) is 24.4 Å². The predicted octanol–water partition coefficient (Wildman–Crippen LogP) is 1.19. The van der Waals surface area contributed by atoms with Crippen LogP contribution >= 0.6 is 0 Å². The SMILES string of the molecule is CN(CC1CCCO1)C(CN)c1cccnc1. The minimum absolute atomic E-state index is 0.230. The molecule has 1 aromatic rings. The molecule has 2 rings (SSSR count). The van der Waals surface area contributed by atoms with E-state index >= 15 is 0 Å². The van der Waals surface area contributed by atoms with E-state index in [9.17, 15) is 0 Å². The van der Waals surface area contributed by atoms with E-state index in [0.29, 0.717) is 12.6 Å². The fourth-order valence-electron chi connectivity index (χ4n) is 2.38. The molecule has 0 aliphatic carbocycles. The van der Waals surface area contributed by atoms with Gasteiger partial charge in [0.15, 0.2) is 0 Å². The molecule has 2 unspecified atom stereocenters. The molecule has 1 fully saturated rings.